The predicted molar refractivity (Wildman–Crippen MR) is 65.0 cm³/mol. The van der Waals surface area contributed by atoms with Crippen LogP contribution >= 0.6 is 0 Å². The lowest BCUT2D eigenvalue weighted by molar-refractivity contribution is 0.602. The van der Waals surface area contributed by atoms with Crippen molar-refractivity contribution in [1.29, 1.82) is 0 Å². The highest BCUT2D eigenvalue weighted by molar-refractivity contribution is 5.38. The Kier molecular flexibility index (Phi) is 4.95. The summed E-state index contributed by atoms with van der Waals surface area (Å²) in [5.41, 5.74) is 1.11. The van der Waals surface area contributed by atoms with E-state index in [-0.39, 0.29) is 0 Å². The molecule has 0 saturated heterocycles. The van der Waals surface area contributed by atoms with Crippen LogP contribution in [0.2, 0.25) is 0 Å². The summed E-state index contributed by atoms with van der Waals surface area (Å²) in [7, 11) is 0. The molecular weight excluding hydrogens is 186 g/mol. The lowest BCUT2D eigenvalue weighted by Crippen LogP contribution is -2.13. The lowest BCUT2D eigenvalue weighted by Gasteiger charge is -2.11. The number of aromatic nitrogens is 2. The molecule has 1 aromatic heterocycles. The average molecular weight is 207 g/mol. The van der Waals surface area contributed by atoms with Crippen molar-refractivity contribution >= 4 is 5.69 Å². The van der Waals surface area contributed by atoms with Crippen LogP contribution < -0.4 is 5.32 Å². The van der Waals surface area contributed by atoms with Gasteiger partial charge in [-0.15, -0.1) is 6.58 Å². The standard InChI is InChI=1S/C12H21N3/c1-4-6-7-11(3)14-12-9-13-15(10-12)8-5-2/h4,9-11,14H,1,5-8H2,2-3H3. The Bertz CT molecular complexity index is 291. The van der Waals surface area contributed by atoms with E-state index in [0.717, 1.165) is 31.5 Å². The summed E-state index contributed by atoms with van der Waals surface area (Å²) < 4.78 is 1.97. The van der Waals surface area contributed by atoms with Crippen LogP contribution in [0, 0.1) is 0 Å². The zero-order valence-corrected chi connectivity index (χ0v) is 9.74. The number of rotatable bonds is 7. The van der Waals surface area contributed by atoms with Gasteiger partial charge in [-0.2, -0.15) is 5.10 Å². The van der Waals surface area contributed by atoms with E-state index in [4.69, 9.17) is 0 Å². The maximum absolute atomic E-state index is 4.27. The van der Waals surface area contributed by atoms with Crippen molar-refractivity contribution in [2.75, 3.05) is 5.32 Å². The van der Waals surface area contributed by atoms with E-state index >= 15 is 0 Å². The van der Waals surface area contributed by atoms with E-state index in [1.165, 1.54) is 0 Å². The summed E-state index contributed by atoms with van der Waals surface area (Å²) >= 11 is 0. The Balaban J connectivity index is 2.38. The molecule has 0 amide bonds. The molecule has 0 bridgehead atoms. The molecule has 3 nitrogen and oxygen atoms in total. The van der Waals surface area contributed by atoms with Gasteiger partial charge in [0.15, 0.2) is 0 Å². The molecule has 15 heavy (non-hydrogen) atoms. The van der Waals surface area contributed by atoms with Crippen LogP contribution in [0.25, 0.3) is 0 Å². The topological polar surface area (TPSA) is 29.9 Å². The van der Waals surface area contributed by atoms with Crippen molar-refractivity contribution in [3.63, 3.8) is 0 Å². The summed E-state index contributed by atoms with van der Waals surface area (Å²) in [6.07, 6.45) is 9.19. The van der Waals surface area contributed by atoms with Crippen molar-refractivity contribution in [3.8, 4) is 0 Å². The van der Waals surface area contributed by atoms with Crippen molar-refractivity contribution in [1.82, 2.24) is 9.78 Å². The first kappa shape index (κ1) is 11.8. The molecule has 3 heteroatoms. The minimum Gasteiger partial charge on any atom is -0.380 e. The molecule has 1 N–H and O–H groups in total. The molecule has 1 unspecified atom stereocenters. The van der Waals surface area contributed by atoms with Crippen molar-refractivity contribution < 1.29 is 0 Å². The minimum atomic E-state index is 0.474. The molecule has 0 saturated carbocycles. The second kappa shape index (κ2) is 6.27. The lowest BCUT2D eigenvalue weighted by atomic mass is 10.2. The molecule has 1 rings (SSSR count). The van der Waals surface area contributed by atoms with Gasteiger partial charge in [0.1, 0.15) is 0 Å². The Labute approximate surface area is 92.2 Å². The zero-order valence-electron chi connectivity index (χ0n) is 9.74. The molecule has 0 spiro atoms. The van der Waals surface area contributed by atoms with Crippen LogP contribution in [0.15, 0.2) is 25.0 Å². The van der Waals surface area contributed by atoms with Gasteiger partial charge in [-0.3, -0.25) is 4.68 Å². The van der Waals surface area contributed by atoms with Gasteiger partial charge in [0.25, 0.3) is 0 Å². The van der Waals surface area contributed by atoms with Gasteiger partial charge in [0, 0.05) is 18.8 Å². The third kappa shape index (κ3) is 4.19. The molecule has 1 heterocycles. The molecule has 1 aromatic rings. The van der Waals surface area contributed by atoms with Gasteiger partial charge in [-0.05, 0) is 26.2 Å². The highest BCUT2D eigenvalue weighted by Crippen LogP contribution is 2.09. The minimum absolute atomic E-state index is 0.474. The average Bonchev–Trinajstić information content (AvgIpc) is 2.63. The fourth-order valence-corrected chi connectivity index (χ4v) is 1.51. The Morgan fingerprint density at radius 2 is 2.47 bits per heavy atom. The molecular formula is C12H21N3. The molecule has 0 aliphatic heterocycles. The monoisotopic (exact) mass is 207 g/mol. The van der Waals surface area contributed by atoms with Gasteiger partial charge >= 0.3 is 0 Å². The van der Waals surface area contributed by atoms with Gasteiger partial charge in [-0.1, -0.05) is 13.0 Å². The van der Waals surface area contributed by atoms with E-state index in [1.54, 1.807) is 0 Å². The van der Waals surface area contributed by atoms with Crippen LogP contribution in [-0.4, -0.2) is 15.8 Å². The largest absolute Gasteiger partial charge is 0.380 e. The van der Waals surface area contributed by atoms with Crippen molar-refractivity contribution in [2.45, 2.75) is 45.7 Å². The normalized spacial score (nSPS) is 12.4. The van der Waals surface area contributed by atoms with E-state index in [9.17, 15) is 0 Å². The quantitative estimate of drug-likeness (QED) is 0.696. The van der Waals surface area contributed by atoms with Crippen LogP contribution in [0.3, 0.4) is 0 Å². The fourth-order valence-electron chi connectivity index (χ4n) is 1.51. The van der Waals surface area contributed by atoms with Crippen LogP contribution in [0.1, 0.15) is 33.1 Å². The number of hydrogen-bond donors (Lipinski definition) is 1. The summed E-state index contributed by atoms with van der Waals surface area (Å²) in [4.78, 5) is 0. The Morgan fingerprint density at radius 3 is 3.13 bits per heavy atom. The number of aryl methyl sites for hydroxylation is 1. The highest BCUT2D eigenvalue weighted by atomic mass is 15.3. The molecule has 1 atom stereocenters. The fraction of sp³-hybridized carbons (Fsp3) is 0.583. The Morgan fingerprint density at radius 1 is 1.67 bits per heavy atom. The first-order valence-electron chi connectivity index (χ1n) is 5.66. The van der Waals surface area contributed by atoms with Gasteiger partial charge in [0.05, 0.1) is 11.9 Å². The van der Waals surface area contributed by atoms with E-state index < -0.39 is 0 Å². The van der Waals surface area contributed by atoms with Crippen molar-refractivity contribution in [3.05, 3.63) is 25.0 Å². The molecule has 84 valence electrons. The number of nitrogens with zero attached hydrogens (tertiary/aromatic N) is 2. The smallest absolute Gasteiger partial charge is 0.0728 e. The number of anilines is 1. The van der Waals surface area contributed by atoms with Crippen LogP contribution in [-0.2, 0) is 6.54 Å². The molecule has 0 aliphatic rings. The first-order chi connectivity index (χ1) is 7.26. The molecule has 0 fully saturated rings. The zero-order chi connectivity index (χ0) is 11.1. The van der Waals surface area contributed by atoms with Crippen molar-refractivity contribution in [2.24, 2.45) is 0 Å². The van der Waals surface area contributed by atoms with Gasteiger partial charge < -0.3 is 5.32 Å². The first-order valence-corrected chi connectivity index (χ1v) is 5.66. The van der Waals surface area contributed by atoms with Gasteiger partial charge in [-0.25, -0.2) is 0 Å². The number of allylic oxidation sites excluding steroid dienone is 1. The summed E-state index contributed by atoms with van der Waals surface area (Å²) in [5, 5.41) is 7.70. The maximum Gasteiger partial charge on any atom is 0.0728 e. The van der Waals surface area contributed by atoms with Crippen LogP contribution in [0.4, 0.5) is 5.69 Å². The maximum atomic E-state index is 4.27. The van der Waals surface area contributed by atoms with E-state index in [1.807, 2.05) is 17.0 Å². The highest BCUT2D eigenvalue weighted by Gasteiger charge is 2.02. The molecule has 0 radical (unpaired) electrons. The number of nitrogens with one attached hydrogen (secondary N) is 1. The predicted octanol–water partition coefficient (Wildman–Crippen LogP) is 3.06. The summed E-state index contributed by atoms with van der Waals surface area (Å²) in [5.74, 6) is 0. The van der Waals surface area contributed by atoms with Gasteiger partial charge in [0.2, 0.25) is 0 Å². The third-order valence-corrected chi connectivity index (χ3v) is 2.30. The Hall–Kier alpha value is -1.25. The summed E-state index contributed by atoms with van der Waals surface area (Å²) in [6.45, 7) is 9.05. The van der Waals surface area contributed by atoms with Crippen LogP contribution in [0.5, 0.6) is 0 Å². The molecule has 0 aliphatic carbocycles. The van der Waals surface area contributed by atoms with E-state index in [2.05, 4.69) is 37.0 Å². The molecule has 0 aromatic carbocycles. The third-order valence-electron chi connectivity index (χ3n) is 2.30. The number of hydrogen-bond acceptors (Lipinski definition) is 2. The second-order valence-electron chi connectivity index (χ2n) is 3.90. The van der Waals surface area contributed by atoms with E-state index in [0.29, 0.717) is 6.04 Å². The summed E-state index contributed by atoms with van der Waals surface area (Å²) in [6, 6.07) is 0.474. The second-order valence-corrected chi connectivity index (χ2v) is 3.90. The SMILES string of the molecule is C=CCCC(C)Nc1cnn(CCC)c1.